The Morgan fingerprint density at radius 1 is 0.696 bits per heavy atom. The van der Waals surface area contributed by atoms with Crippen LogP contribution in [0.15, 0.2) is 0 Å². The van der Waals surface area contributed by atoms with Crippen LogP contribution >= 0.6 is 0 Å². The molecule has 8 fully saturated rings. The molecule has 124 valence electrons. The lowest BCUT2D eigenvalue weighted by molar-refractivity contribution is -0.232. The van der Waals surface area contributed by atoms with E-state index in [1.807, 2.05) is 0 Å². The fraction of sp³-hybridized carbons (Fsp3) is 1.00. The largest absolute Gasteiger partial charge is 0.368 e. The van der Waals surface area contributed by atoms with Crippen molar-refractivity contribution in [3.8, 4) is 0 Å². The summed E-state index contributed by atoms with van der Waals surface area (Å²) in [5.41, 5.74) is 0.00657. The zero-order valence-corrected chi connectivity index (χ0v) is 13.2. The Kier molecular flexibility index (Phi) is 1.67. The molecule has 4 aliphatic heterocycles. The molecule has 0 spiro atoms. The van der Waals surface area contributed by atoms with E-state index in [0.29, 0.717) is 11.8 Å². The monoisotopic (exact) mass is 318 g/mol. The molecule has 4 bridgehead atoms. The van der Waals surface area contributed by atoms with Gasteiger partial charge in [0.2, 0.25) is 24.2 Å². The lowest BCUT2D eigenvalue weighted by atomic mass is 9.78. The quantitative estimate of drug-likeness (QED) is 0.744. The minimum absolute atomic E-state index is 0.00329. The molecular formula is C18H22O5. The van der Waals surface area contributed by atoms with Gasteiger partial charge in [-0.25, -0.2) is 0 Å². The summed E-state index contributed by atoms with van der Waals surface area (Å²) in [5, 5.41) is 0. The maximum Gasteiger partial charge on any atom is 0.231 e. The third-order valence-electron chi connectivity index (χ3n) is 8.60. The van der Waals surface area contributed by atoms with Crippen LogP contribution in [0.4, 0.5) is 0 Å². The predicted molar refractivity (Wildman–Crippen MR) is 74.8 cm³/mol. The van der Waals surface area contributed by atoms with Crippen molar-refractivity contribution in [3.63, 3.8) is 0 Å². The first-order valence-electron chi connectivity index (χ1n) is 9.58. The minimum atomic E-state index is -0.231. The highest BCUT2D eigenvalue weighted by atomic mass is 17.0. The van der Waals surface area contributed by atoms with E-state index in [-0.39, 0.29) is 35.4 Å². The van der Waals surface area contributed by atoms with Gasteiger partial charge in [-0.3, -0.25) is 0 Å². The molecule has 0 amide bonds. The minimum Gasteiger partial charge on any atom is -0.368 e. The Labute approximate surface area is 134 Å². The van der Waals surface area contributed by atoms with Crippen LogP contribution in [0, 0.1) is 23.7 Å². The van der Waals surface area contributed by atoms with Gasteiger partial charge < -0.3 is 23.7 Å². The van der Waals surface area contributed by atoms with Gasteiger partial charge in [0, 0.05) is 11.8 Å². The van der Waals surface area contributed by atoms with E-state index in [1.165, 1.54) is 51.4 Å². The van der Waals surface area contributed by atoms with Crippen molar-refractivity contribution in [1.29, 1.82) is 0 Å². The van der Waals surface area contributed by atoms with Crippen molar-refractivity contribution in [3.05, 3.63) is 0 Å². The van der Waals surface area contributed by atoms with E-state index in [2.05, 4.69) is 0 Å². The summed E-state index contributed by atoms with van der Waals surface area (Å²) in [6.07, 6.45) is 10.1. The molecule has 5 heteroatoms. The Balaban J connectivity index is 1.19. The number of fused-ring (bicyclic) bond motifs is 6. The summed E-state index contributed by atoms with van der Waals surface area (Å²) in [6, 6.07) is 0. The summed E-state index contributed by atoms with van der Waals surface area (Å²) < 4.78 is 30.3. The molecule has 4 saturated carbocycles. The third kappa shape index (κ3) is 1.22. The normalized spacial score (nSPS) is 74.6. The number of epoxide rings is 4. The number of hydrogen-bond donors (Lipinski definition) is 0. The first kappa shape index (κ1) is 12.2. The van der Waals surface area contributed by atoms with Gasteiger partial charge in [0.25, 0.3) is 0 Å². The highest BCUT2D eigenvalue weighted by molar-refractivity contribution is 5.23. The standard InChI is InChI=1S/C18H22O5/c1-3-15(7-9(1)5-11(15)17-13(19-17)20-17)23-16-4-2-10(8-16)6-12(16)18-14(21-18)22-18/h9-14H,1-8H2. The van der Waals surface area contributed by atoms with Gasteiger partial charge in [-0.2, -0.15) is 0 Å². The lowest BCUT2D eigenvalue weighted by Gasteiger charge is -2.45. The van der Waals surface area contributed by atoms with Gasteiger partial charge >= 0.3 is 0 Å². The summed E-state index contributed by atoms with van der Waals surface area (Å²) in [7, 11) is 0. The van der Waals surface area contributed by atoms with Crippen molar-refractivity contribution in [2.75, 3.05) is 0 Å². The lowest BCUT2D eigenvalue weighted by Crippen LogP contribution is -2.52. The van der Waals surface area contributed by atoms with Gasteiger partial charge in [0.05, 0.1) is 11.2 Å². The smallest absolute Gasteiger partial charge is 0.231 e. The van der Waals surface area contributed by atoms with Gasteiger partial charge in [0.15, 0.2) is 0 Å². The molecule has 6 unspecified atom stereocenters. The van der Waals surface area contributed by atoms with Crippen molar-refractivity contribution in [2.24, 2.45) is 23.7 Å². The van der Waals surface area contributed by atoms with Gasteiger partial charge in [-0.05, 0) is 63.2 Å². The van der Waals surface area contributed by atoms with Gasteiger partial charge in [-0.15, -0.1) is 0 Å². The fourth-order valence-corrected chi connectivity index (χ4v) is 7.42. The predicted octanol–water partition coefficient (Wildman–Crippen LogP) is 2.29. The van der Waals surface area contributed by atoms with Crippen LogP contribution in [0.1, 0.15) is 51.4 Å². The van der Waals surface area contributed by atoms with Gasteiger partial charge in [-0.1, -0.05) is 0 Å². The average molecular weight is 318 g/mol. The van der Waals surface area contributed by atoms with Crippen LogP contribution < -0.4 is 0 Å². The third-order valence-corrected chi connectivity index (χ3v) is 8.60. The van der Waals surface area contributed by atoms with Crippen molar-refractivity contribution in [2.45, 2.75) is 86.7 Å². The first-order valence-corrected chi connectivity index (χ1v) is 9.58. The zero-order valence-electron chi connectivity index (χ0n) is 13.2. The van der Waals surface area contributed by atoms with Crippen molar-refractivity contribution < 1.29 is 23.7 Å². The molecule has 0 aromatic heterocycles. The number of ether oxygens (including phenoxy) is 5. The van der Waals surface area contributed by atoms with E-state index < -0.39 is 0 Å². The SMILES string of the molecule is C1CC2(OC34CCC(CC3C35OC3O5)C4)CC1CC2C12OC1O2. The Morgan fingerprint density at radius 3 is 1.48 bits per heavy atom. The summed E-state index contributed by atoms with van der Waals surface area (Å²) in [4.78, 5) is 0. The molecule has 5 nitrogen and oxygen atoms in total. The summed E-state index contributed by atoms with van der Waals surface area (Å²) in [6.45, 7) is 0. The van der Waals surface area contributed by atoms with Crippen LogP contribution in [0.3, 0.4) is 0 Å². The van der Waals surface area contributed by atoms with Gasteiger partial charge in [0.1, 0.15) is 0 Å². The van der Waals surface area contributed by atoms with E-state index in [9.17, 15) is 0 Å². The molecular weight excluding hydrogens is 296 g/mol. The molecule has 0 N–H and O–H groups in total. The molecule has 0 aromatic carbocycles. The van der Waals surface area contributed by atoms with Crippen LogP contribution in [-0.2, 0) is 23.7 Å². The second-order valence-electron chi connectivity index (χ2n) is 9.60. The van der Waals surface area contributed by atoms with E-state index in [0.717, 1.165) is 11.8 Å². The number of rotatable bonds is 4. The number of hydrogen-bond acceptors (Lipinski definition) is 5. The molecule has 8 aliphatic rings. The zero-order chi connectivity index (χ0) is 14.7. The second kappa shape index (κ2) is 3.14. The Bertz CT molecular complexity index is 583. The Morgan fingerprint density at radius 2 is 1.13 bits per heavy atom. The van der Waals surface area contributed by atoms with E-state index >= 15 is 0 Å². The van der Waals surface area contributed by atoms with E-state index in [4.69, 9.17) is 23.7 Å². The van der Waals surface area contributed by atoms with Crippen LogP contribution in [-0.4, -0.2) is 35.4 Å². The van der Waals surface area contributed by atoms with E-state index in [1.54, 1.807) is 0 Å². The summed E-state index contributed by atoms with van der Waals surface area (Å²) >= 11 is 0. The maximum atomic E-state index is 7.22. The maximum absolute atomic E-state index is 7.22. The van der Waals surface area contributed by atoms with Crippen molar-refractivity contribution >= 4 is 0 Å². The Hall–Kier alpha value is -0.200. The van der Waals surface area contributed by atoms with Crippen LogP contribution in [0.25, 0.3) is 0 Å². The molecule has 6 atom stereocenters. The first-order chi connectivity index (χ1) is 11.2. The fourth-order valence-electron chi connectivity index (χ4n) is 7.42. The van der Waals surface area contributed by atoms with Crippen molar-refractivity contribution in [1.82, 2.24) is 0 Å². The molecule has 0 radical (unpaired) electrons. The molecule has 0 aromatic rings. The molecule has 4 saturated heterocycles. The topological polar surface area (TPSA) is 59.4 Å². The average Bonchev–Trinajstić information content (AvgIpc) is 3.44. The molecule has 4 aliphatic carbocycles. The summed E-state index contributed by atoms with van der Waals surface area (Å²) in [5.74, 6) is 2.09. The second-order valence-corrected chi connectivity index (χ2v) is 9.60. The van der Waals surface area contributed by atoms with Crippen LogP contribution in [0.2, 0.25) is 0 Å². The molecule has 4 heterocycles. The molecule has 23 heavy (non-hydrogen) atoms. The highest BCUT2D eigenvalue weighted by Crippen LogP contribution is 2.75. The highest BCUT2D eigenvalue weighted by Gasteiger charge is 2.88. The van der Waals surface area contributed by atoms with Crippen LogP contribution in [0.5, 0.6) is 0 Å². The molecule has 8 rings (SSSR count).